The van der Waals surface area contributed by atoms with E-state index in [1.807, 2.05) is 13.8 Å². The van der Waals surface area contributed by atoms with Gasteiger partial charge in [-0.25, -0.2) is 0 Å². The number of aliphatic hydroxyl groups excluding tert-OH is 1. The third kappa shape index (κ3) is 5.44. The number of non-ortho nitro benzene ring substituents is 1. The van der Waals surface area contributed by atoms with Crippen molar-refractivity contribution in [1.82, 2.24) is 5.32 Å². The van der Waals surface area contributed by atoms with E-state index in [2.05, 4.69) is 26.1 Å². The first-order valence-corrected chi connectivity index (χ1v) is 7.16. The standard InChI is InChI=1S/C16H24N2O4/c1-15(2,3)10-16(4,5)17-14(20)13(19)11-7-6-8-12(9-11)18(21)22/h6-9,13,19H,10H2,1-5H3,(H,17,20). The second kappa shape index (κ2) is 6.44. The molecule has 6 heteroatoms. The number of nitro groups is 1. The fourth-order valence-corrected chi connectivity index (χ4v) is 2.73. The molecule has 0 heterocycles. The van der Waals surface area contributed by atoms with Crippen LogP contribution in [-0.4, -0.2) is 21.5 Å². The Labute approximate surface area is 130 Å². The van der Waals surface area contributed by atoms with E-state index in [4.69, 9.17) is 0 Å². The topological polar surface area (TPSA) is 92.5 Å². The van der Waals surface area contributed by atoms with Crippen molar-refractivity contribution in [3.63, 3.8) is 0 Å². The van der Waals surface area contributed by atoms with E-state index >= 15 is 0 Å². The summed E-state index contributed by atoms with van der Waals surface area (Å²) < 4.78 is 0. The van der Waals surface area contributed by atoms with Gasteiger partial charge < -0.3 is 10.4 Å². The Hall–Kier alpha value is -1.95. The summed E-state index contributed by atoms with van der Waals surface area (Å²) >= 11 is 0. The van der Waals surface area contributed by atoms with Crippen LogP contribution in [0.2, 0.25) is 0 Å². The summed E-state index contributed by atoms with van der Waals surface area (Å²) in [5, 5.41) is 23.7. The first kappa shape index (κ1) is 18.1. The van der Waals surface area contributed by atoms with Crippen LogP contribution in [0.25, 0.3) is 0 Å². The molecule has 1 aromatic carbocycles. The molecule has 0 bridgehead atoms. The van der Waals surface area contributed by atoms with Gasteiger partial charge in [-0.3, -0.25) is 14.9 Å². The fourth-order valence-electron chi connectivity index (χ4n) is 2.73. The molecule has 1 aromatic rings. The minimum Gasteiger partial charge on any atom is -0.378 e. The maximum Gasteiger partial charge on any atom is 0.269 e. The molecule has 0 saturated carbocycles. The normalized spacial score (nSPS) is 13.5. The molecule has 2 N–H and O–H groups in total. The molecule has 22 heavy (non-hydrogen) atoms. The molecular weight excluding hydrogens is 284 g/mol. The van der Waals surface area contributed by atoms with Gasteiger partial charge in [0.15, 0.2) is 6.10 Å². The lowest BCUT2D eigenvalue weighted by Crippen LogP contribution is -2.47. The lowest BCUT2D eigenvalue weighted by atomic mass is 9.81. The van der Waals surface area contributed by atoms with Gasteiger partial charge in [0.25, 0.3) is 11.6 Å². The van der Waals surface area contributed by atoms with Gasteiger partial charge in [0.1, 0.15) is 0 Å². The average Bonchev–Trinajstić information content (AvgIpc) is 2.34. The van der Waals surface area contributed by atoms with Crippen LogP contribution in [0, 0.1) is 15.5 Å². The van der Waals surface area contributed by atoms with Gasteiger partial charge in [0, 0.05) is 17.7 Å². The Bertz CT molecular complexity index is 562. The number of carbonyl (C=O) groups excluding carboxylic acids is 1. The van der Waals surface area contributed by atoms with Crippen LogP contribution >= 0.6 is 0 Å². The maximum atomic E-state index is 12.2. The number of nitro benzene ring substituents is 1. The molecule has 0 aliphatic rings. The van der Waals surface area contributed by atoms with Crippen LogP contribution in [0.4, 0.5) is 5.69 Å². The first-order chi connectivity index (χ1) is 9.91. The van der Waals surface area contributed by atoms with E-state index in [9.17, 15) is 20.0 Å². The Morgan fingerprint density at radius 2 is 1.91 bits per heavy atom. The molecule has 0 saturated heterocycles. The van der Waals surface area contributed by atoms with E-state index in [0.29, 0.717) is 0 Å². The third-order valence-corrected chi connectivity index (χ3v) is 3.08. The van der Waals surface area contributed by atoms with E-state index in [0.717, 1.165) is 6.42 Å². The summed E-state index contributed by atoms with van der Waals surface area (Å²) in [5.41, 5.74) is -0.416. The van der Waals surface area contributed by atoms with Crippen molar-refractivity contribution in [3.8, 4) is 0 Å². The third-order valence-electron chi connectivity index (χ3n) is 3.08. The van der Waals surface area contributed by atoms with E-state index in [-0.39, 0.29) is 16.7 Å². The van der Waals surface area contributed by atoms with Crippen molar-refractivity contribution in [2.24, 2.45) is 5.41 Å². The van der Waals surface area contributed by atoms with Gasteiger partial charge in [-0.15, -0.1) is 0 Å². The molecule has 0 aliphatic carbocycles. The molecule has 0 fully saturated rings. The zero-order valence-corrected chi connectivity index (χ0v) is 13.7. The molecule has 0 radical (unpaired) electrons. The van der Waals surface area contributed by atoms with Crippen molar-refractivity contribution < 1.29 is 14.8 Å². The molecule has 1 amide bonds. The molecule has 122 valence electrons. The van der Waals surface area contributed by atoms with E-state index in [1.54, 1.807) is 0 Å². The highest BCUT2D eigenvalue weighted by Crippen LogP contribution is 2.27. The maximum absolute atomic E-state index is 12.2. The number of carbonyl (C=O) groups is 1. The van der Waals surface area contributed by atoms with Crippen LogP contribution in [0.1, 0.15) is 52.7 Å². The minimum absolute atomic E-state index is 0.0211. The van der Waals surface area contributed by atoms with Crippen molar-refractivity contribution in [2.75, 3.05) is 0 Å². The Balaban J connectivity index is 2.85. The van der Waals surface area contributed by atoms with Crippen LogP contribution in [0.5, 0.6) is 0 Å². The number of benzene rings is 1. The largest absolute Gasteiger partial charge is 0.378 e. The summed E-state index contributed by atoms with van der Waals surface area (Å²) in [7, 11) is 0. The van der Waals surface area contributed by atoms with Gasteiger partial charge in [-0.2, -0.15) is 0 Å². The van der Waals surface area contributed by atoms with Crippen LogP contribution in [0.3, 0.4) is 0 Å². The number of nitrogens with zero attached hydrogens (tertiary/aromatic N) is 1. The molecular formula is C16H24N2O4. The minimum atomic E-state index is -1.43. The summed E-state index contributed by atoms with van der Waals surface area (Å²) in [6.45, 7) is 9.97. The first-order valence-electron chi connectivity index (χ1n) is 7.16. The predicted octanol–water partition coefficient (Wildman–Crippen LogP) is 2.96. The average molecular weight is 308 g/mol. The number of aliphatic hydroxyl groups is 1. The van der Waals surface area contributed by atoms with Crippen LogP contribution < -0.4 is 5.32 Å². The zero-order valence-electron chi connectivity index (χ0n) is 13.7. The van der Waals surface area contributed by atoms with Crippen LogP contribution in [0.15, 0.2) is 24.3 Å². The van der Waals surface area contributed by atoms with E-state index in [1.165, 1.54) is 24.3 Å². The van der Waals surface area contributed by atoms with Gasteiger partial charge in [-0.1, -0.05) is 32.9 Å². The molecule has 0 aliphatic heterocycles. The SMILES string of the molecule is CC(C)(C)CC(C)(C)NC(=O)C(O)c1cccc([N+](=O)[O-])c1. The smallest absolute Gasteiger partial charge is 0.269 e. The van der Waals surface area contributed by atoms with Gasteiger partial charge in [0.05, 0.1) is 4.92 Å². The highest BCUT2D eigenvalue weighted by Gasteiger charge is 2.30. The Morgan fingerprint density at radius 1 is 1.32 bits per heavy atom. The highest BCUT2D eigenvalue weighted by molar-refractivity contribution is 5.82. The number of hydrogen-bond acceptors (Lipinski definition) is 4. The van der Waals surface area contributed by atoms with E-state index < -0.39 is 22.5 Å². The van der Waals surface area contributed by atoms with Crippen molar-refractivity contribution in [3.05, 3.63) is 39.9 Å². The number of nitrogens with one attached hydrogen (secondary N) is 1. The predicted molar refractivity (Wildman–Crippen MR) is 84.3 cm³/mol. The second-order valence-corrected chi connectivity index (χ2v) is 7.37. The summed E-state index contributed by atoms with van der Waals surface area (Å²) in [6.07, 6.45) is -0.702. The summed E-state index contributed by atoms with van der Waals surface area (Å²) in [4.78, 5) is 22.4. The molecule has 0 aromatic heterocycles. The van der Waals surface area contributed by atoms with Gasteiger partial charge >= 0.3 is 0 Å². The molecule has 6 nitrogen and oxygen atoms in total. The number of rotatable bonds is 5. The fraction of sp³-hybridized carbons (Fsp3) is 0.562. The molecule has 1 atom stereocenters. The Morgan fingerprint density at radius 3 is 2.41 bits per heavy atom. The molecule has 1 rings (SSSR count). The number of hydrogen-bond donors (Lipinski definition) is 2. The van der Waals surface area contributed by atoms with Gasteiger partial charge in [-0.05, 0) is 31.2 Å². The van der Waals surface area contributed by atoms with Crippen molar-refractivity contribution in [2.45, 2.75) is 52.7 Å². The quantitative estimate of drug-likeness (QED) is 0.646. The monoisotopic (exact) mass is 308 g/mol. The lowest BCUT2D eigenvalue weighted by molar-refractivity contribution is -0.385. The highest BCUT2D eigenvalue weighted by atomic mass is 16.6. The second-order valence-electron chi connectivity index (χ2n) is 7.37. The zero-order chi connectivity index (χ0) is 17.1. The molecule has 1 unspecified atom stereocenters. The summed E-state index contributed by atoms with van der Waals surface area (Å²) in [5.74, 6) is -0.560. The van der Waals surface area contributed by atoms with Crippen molar-refractivity contribution >= 4 is 11.6 Å². The lowest BCUT2D eigenvalue weighted by Gasteiger charge is -2.34. The van der Waals surface area contributed by atoms with Crippen LogP contribution in [-0.2, 0) is 4.79 Å². The van der Waals surface area contributed by atoms with Gasteiger partial charge in [0.2, 0.25) is 0 Å². The summed E-state index contributed by atoms with van der Waals surface area (Å²) in [6, 6.07) is 5.47. The Kier molecular flexibility index (Phi) is 5.30. The van der Waals surface area contributed by atoms with Crippen molar-refractivity contribution in [1.29, 1.82) is 0 Å². The molecule has 0 spiro atoms. The number of amides is 1.